The van der Waals surface area contributed by atoms with Crippen LogP contribution in [-0.4, -0.2) is 70.9 Å². The van der Waals surface area contributed by atoms with Crippen molar-refractivity contribution in [2.24, 2.45) is 0 Å². The Labute approximate surface area is 181 Å². The lowest BCUT2D eigenvalue weighted by Crippen LogP contribution is -2.52. The highest BCUT2D eigenvalue weighted by Gasteiger charge is 2.48. The number of carbonyl (C=O) groups excluding carboxylic acids is 3. The summed E-state index contributed by atoms with van der Waals surface area (Å²) in [6.07, 6.45) is 2.90. The third kappa shape index (κ3) is 4.52. The Hall–Kier alpha value is -3.42. The second-order valence-corrected chi connectivity index (χ2v) is 8.19. The largest absolute Gasteiger partial charge is 0.353 e. The van der Waals surface area contributed by atoms with Crippen molar-refractivity contribution in [2.75, 3.05) is 37.6 Å². The zero-order valence-electron chi connectivity index (χ0n) is 17.7. The quantitative estimate of drug-likeness (QED) is 0.718. The lowest BCUT2D eigenvalue weighted by molar-refractivity contribution is -0.139. The van der Waals surface area contributed by atoms with Gasteiger partial charge in [-0.3, -0.25) is 14.5 Å². The Morgan fingerprint density at radius 1 is 1.03 bits per heavy atom. The summed E-state index contributed by atoms with van der Waals surface area (Å²) in [5, 5.41) is 2.79. The fourth-order valence-corrected chi connectivity index (χ4v) is 4.06. The van der Waals surface area contributed by atoms with E-state index in [2.05, 4.69) is 15.2 Å². The van der Waals surface area contributed by atoms with Crippen LogP contribution in [0, 0.1) is 0 Å². The van der Waals surface area contributed by atoms with E-state index < -0.39 is 11.6 Å². The van der Waals surface area contributed by atoms with Gasteiger partial charge in [-0.1, -0.05) is 36.4 Å². The van der Waals surface area contributed by atoms with E-state index in [-0.39, 0.29) is 18.4 Å². The number of urea groups is 1. The number of rotatable bonds is 6. The van der Waals surface area contributed by atoms with Crippen molar-refractivity contribution in [2.45, 2.75) is 25.3 Å². The minimum atomic E-state index is -0.995. The van der Waals surface area contributed by atoms with Crippen molar-refractivity contribution in [1.82, 2.24) is 20.1 Å². The van der Waals surface area contributed by atoms with Gasteiger partial charge in [0.15, 0.2) is 0 Å². The minimum Gasteiger partial charge on any atom is -0.353 e. The van der Waals surface area contributed by atoms with Crippen LogP contribution in [0.1, 0.15) is 18.9 Å². The zero-order valence-corrected chi connectivity index (χ0v) is 17.7. The summed E-state index contributed by atoms with van der Waals surface area (Å²) in [5.41, 5.74) is 0.108. The van der Waals surface area contributed by atoms with Crippen molar-refractivity contribution in [1.29, 1.82) is 0 Å². The summed E-state index contributed by atoms with van der Waals surface area (Å²) < 4.78 is 0. The molecule has 0 spiro atoms. The van der Waals surface area contributed by atoms with Crippen molar-refractivity contribution in [3.05, 3.63) is 60.3 Å². The molecule has 162 valence electrons. The number of hydrogen-bond donors (Lipinski definition) is 1. The highest BCUT2D eigenvalue weighted by Crippen LogP contribution is 2.23. The molecule has 2 aliphatic rings. The fourth-order valence-electron chi connectivity index (χ4n) is 4.06. The molecule has 0 saturated carbocycles. The van der Waals surface area contributed by atoms with Gasteiger partial charge in [0.25, 0.3) is 5.91 Å². The first-order chi connectivity index (χ1) is 15.0. The number of nitrogens with zero attached hydrogens (tertiary/aromatic N) is 4. The first kappa shape index (κ1) is 20.8. The van der Waals surface area contributed by atoms with Crippen LogP contribution in [0.15, 0.2) is 54.7 Å². The van der Waals surface area contributed by atoms with Gasteiger partial charge in [0.2, 0.25) is 5.91 Å². The summed E-state index contributed by atoms with van der Waals surface area (Å²) >= 11 is 0. The molecule has 3 heterocycles. The second kappa shape index (κ2) is 8.75. The van der Waals surface area contributed by atoms with Gasteiger partial charge in [0.1, 0.15) is 17.9 Å². The lowest BCUT2D eigenvalue weighted by Gasteiger charge is -2.35. The van der Waals surface area contributed by atoms with E-state index in [1.54, 1.807) is 18.0 Å². The van der Waals surface area contributed by atoms with Crippen LogP contribution in [-0.2, 0) is 16.0 Å². The average Bonchev–Trinajstić information content (AvgIpc) is 3.02. The Kier molecular flexibility index (Phi) is 5.88. The number of anilines is 1. The topological polar surface area (TPSA) is 85.8 Å². The van der Waals surface area contributed by atoms with E-state index in [9.17, 15) is 14.4 Å². The maximum Gasteiger partial charge on any atom is 0.325 e. The molecule has 1 aromatic carbocycles. The summed E-state index contributed by atoms with van der Waals surface area (Å²) in [7, 11) is 0. The summed E-state index contributed by atoms with van der Waals surface area (Å²) in [6, 6.07) is 15.1. The smallest absolute Gasteiger partial charge is 0.325 e. The van der Waals surface area contributed by atoms with Crippen LogP contribution in [0.4, 0.5) is 10.6 Å². The molecule has 4 rings (SSSR count). The van der Waals surface area contributed by atoms with Gasteiger partial charge >= 0.3 is 6.03 Å². The number of aryl methyl sites for hydroxylation is 1. The summed E-state index contributed by atoms with van der Waals surface area (Å²) in [5.74, 6) is 0.336. The van der Waals surface area contributed by atoms with Gasteiger partial charge in [0, 0.05) is 32.4 Å². The molecule has 2 fully saturated rings. The molecule has 8 nitrogen and oxygen atoms in total. The molecule has 1 atom stereocenters. The molecule has 8 heteroatoms. The van der Waals surface area contributed by atoms with Gasteiger partial charge in [-0.2, -0.15) is 0 Å². The number of carbonyl (C=O) groups is 3. The lowest BCUT2D eigenvalue weighted by atomic mass is 9.93. The van der Waals surface area contributed by atoms with Crippen LogP contribution < -0.4 is 10.2 Å². The van der Waals surface area contributed by atoms with Crippen LogP contribution in [0.25, 0.3) is 0 Å². The number of amides is 4. The maximum absolute atomic E-state index is 13.0. The molecular formula is C23H27N5O3. The standard InChI is InChI=1S/C23H27N5O3/c1-23(11-10-18-7-3-2-4-8-18)21(30)28(22(31)25-23)17-20(29)27-15-13-26(14-16-27)19-9-5-6-12-24-19/h2-9,12H,10-11,13-17H2,1H3,(H,25,31). The summed E-state index contributed by atoms with van der Waals surface area (Å²) in [4.78, 5) is 47.5. The van der Waals surface area contributed by atoms with E-state index in [4.69, 9.17) is 0 Å². The molecule has 1 N–H and O–H groups in total. The number of imide groups is 1. The van der Waals surface area contributed by atoms with E-state index in [0.29, 0.717) is 39.0 Å². The molecule has 31 heavy (non-hydrogen) atoms. The van der Waals surface area contributed by atoms with Gasteiger partial charge in [-0.25, -0.2) is 9.78 Å². The molecule has 0 aliphatic carbocycles. The predicted molar refractivity (Wildman–Crippen MR) is 116 cm³/mol. The van der Waals surface area contributed by atoms with Crippen molar-refractivity contribution >= 4 is 23.7 Å². The van der Waals surface area contributed by atoms with Crippen LogP contribution in [0.2, 0.25) is 0 Å². The van der Waals surface area contributed by atoms with Crippen LogP contribution in [0.5, 0.6) is 0 Å². The highest BCUT2D eigenvalue weighted by molar-refractivity contribution is 6.08. The molecule has 2 saturated heterocycles. The van der Waals surface area contributed by atoms with E-state index in [1.807, 2.05) is 48.5 Å². The minimum absolute atomic E-state index is 0.212. The van der Waals surface area contributed by atoms with Gasteiger partial charge < -0.3 is 15.1 Å². The first-order valence-electron chi connectivity index (χ1n) is 10.6. The van der Waals surface area contributed by atoms with Gasteiger partial charge in [-0.05, 0) is 37.5 Å². The number of nitrogens with one attached hydrogen (secondary N) is 1. The number of pyridine rings is 1. The Balaban J connectivity index is 1.32. The predicted octanol–water partition coefficient (Wildman–Crippen LogP) is 1.67. The maximum atomic E-state index is 13.0. The van der Waals surface area contributed by atoms with Crippen LogP contribution >= 0.6 is 0 Å². The van der Waals surface area contributed by atoms with Crippen molar-refractivity contribution < 1.29 is 14.4 Å². The Morgan fingerprint density at radius 3 is 2.42 bits per heavy atom. The number of piperazine rings is 1. The van der Waals surface area contributed by atoms with E-state index in [1.165, 1.54) is 0 Å². The fraction of sp³-hybridized carbons (Fsp3) is 0.391. The second-order valence-electron chi connectivity index (χ2n) is 8.19. The number of aromatic nitrogens is 1. The Morgan fingerprint density at radius 2 is 1.74 bits per heavy atom. The third-order valence-corrected chi connectivity index (χ3v) is 6.00. The molecule has 0 radical (unpaired) electrons. The normalized spacial score (nSPS) is 21.4. The molecule has 2 aromatic rings. The zero-order chi connectivity index (χ0) is 21.8. The van der Waals surface area contributed by atoms with Gasteiger partial charge in [-0.15, -0.1) is 0 Å². The van der Waals surface area contributed by atoms with Crippen molar-refractivity contribution in [3.8, 4) is 0 Å². The van der Waals surface area contributed by atoms with Gasteiger partial charge in [0.05, 0.1) is 0 Å². The number of hydrogen-bond acceptors (Lipinski definition) is 5. The van der Waals surface area contributed by atoms with Crippen LogP contribution in [0.3, 0.4) is 0 Å². The molecule has 0 bridgehead atoms. The van der Waals surface area contributed by atoms with E-state index >= 15 is 0 Å². The summed E-state index contributed by atoms with van der Waals surface area (Å²) in [6.45, 7) is 3.89. The SMILES string of the molecule is CC1(CCc2ccccc2)NC(=O)N(CC(=O)N2CCN(c3ccccn3)CC2)C1=O. The third-order valence-electron chi connectivity index (χ3n) is 6.00. The van der Waals surface area contributed by atoms with Crippen molar-refractivity contribution in [3.63, 3.8) is 0 Å². The molecule has 1 unspecified atom stereocenters. The van der Waals surface area contributed by atoms with E-state index in [0.717, 1.165) is 16.3 Å². The molecule has 1 aromatic heterocycles. The first-order valence-corrected chi connectivity index (χ1v) is 10.6. The molecular weight excluding hydrogens is 394 g/mol. The molecule has 4 amide bonds. The number of benzene rings is 1. The monoisotopic (exact) mass is 421 g/mol. The average molecular weight is 422 g/mol. The Bertz CT molecular complexity index is 944. The molecule has 2 aliphatic heterocycles. The highest BCUT2D eigenvalue weighted by atomic mass is 16.2.